The number of H-pyrrole nitrogens is 1. The summed E-state index contributed by atoms with van der Waals surface area (Å²) in [6.07, 6.45) is 6.55. The fraction of sp³-hybridized carbons (Fsp3) is 0.340. The number of nitrogens with one attached hydrogen (secondary N) is 1. The van der Waals surface area contributed by atoms with Crippen LogP contribution in [-0.2, 0) is 55.4 Å². The van der Waals surface area contributed by atoms with Crippen LogP contribution < -0.4 is 26.1 Å². The van der Waals surface area contributed by atoms with Gasteiger partial charge in [0.05, 0.1) is 59.3 Å². The second-order valence-corrected chi connectivity index (χ2v) is 19.1. The van der Waals surface area contributed by atoms with Crippen molar-refractivity contribution in [2.75, 3.05) is 29.4 Å². The molecule has 1 aliphatic rings. The summed E-state index contributed by atoms with van der Waals surface area (Å²) in [4.78, 5) is 46.4. The number of amides is 2. The van der Waals surface area contributed by atoms with Crippen LogP contribution in [0.4, 0.5) is 11.4 Å². The number of phenolic OH excluding ortho intramolecular Hbond substituents is 2. The number of hydrogen-bond acceptors (Lipinski definition) is 13. The fourth-order valence-electron chi connectivity index (χ4n) is 10.1. The highest BCUT2D eigenvalue weighted by molar-refractivity contribution is 5.76. The minimum Gasteiger partial charge on any atom is -0.508 e. The fourth-order valence-corrected chi connectivity index (χ4v) is 10.1. The van der Waals surface area contributed by atoms with Gasteiger partial charge in [-0.25, -0.2) is 9.97 Å². The summed E-state index contributed by atoms with van der Waals surface area (Å²) in [5, 5.41) is 48.5. The zero-order chi connectivity index (χ0) is 51.5. The third-order valence-electron chi connectivity index (χ3n) is 13.5. The minimum atomic E-state index is -0.599. The smallest absolute Gasteiger partial charge is 0.223 e. The number of aromatic amines is 1. The van der Waals surface area contributed by atoms with Crippen molar-refractivity contribution in [3.63, 3.8) is 0 Å². The lowest BCUT2D eigenvalue weighted by Gasteiger charge is -2.44. The molecule has 6 heterocycles. The van der Waals surface area contributed by atoms with Crippen molar-refractivity contribution in [2.24, 2.45) is 18.5 Å². The van der Waals surface area contributed by atoms with E-state index in [2.05, 4.69) is 25.1 Å². The second kappa shape index (κ2) is 21.1. The Kier molecular flexibility index (Phi) is 14.4. The van der Waals surface area contributed by atoms with Crippen molar-refractivity contribution in [1.29, 1.82) is 0 Å². The molecule has 1 aliphatic heterocycles. The number of hydrogen-bond donors (Lipinski definition) is 6. The standard InChI is InChI=1S/C53H62N14O6/c1-32(68)18-49-52(47-14-15-58-62(47)5)57-31-65(49)28-38-19-37(20-42(70)21-38)23-45-44(33(2)59-60-45)25-46-48(26-51(55)72)64(30-56-46)27-36-8-6-11-43(22-36)73-67-35(4)53(34(3)61-67)63-16-17-66(39-9-7-10-41(69)24-39)40(29-63)12-13-50(54)71/h6-11,14-15,19-22,24,30-32,40,68-70H,12-13,16-18,23,25-29H2,1-5H3,(H2,54,71)(H2,55,72)(H,59,60). The molecule has 20 heteroatoms. The lowest BCUT2D eigenvalue weighted by molar-refractivity contribution is -0.118. The van der Waals surface area contributed by atoms with Crippen molar-refractivity contribution < 1.29 is 29.7 Å². The Hall–Kier alpha value is -8.39. The van der Waals surface area contributed by atoms with Gasteiger partial charge in [0.25, 0.3) is 0 Å². The molecule has 1 fully saturated rings. The number of aliphatic hydroxyl groups excluding tert-OH is 1. The van der Waals surface area contributed by atoms with Gasteiger partial charge in [-0.05, 0) is 93.3 Å². The number of carbonyl (C=O) groups excluding carboxylic acids is 2. The number of imidazole rings is 2. The van der Waals surface area contributed by atoms with E-state index in [1.807, 2.05) is 85.5 Å². The maximum atomic E-state index is 12.6. The number of anilines is 2. The topological polar surface area (TPSA) is 263 Å². The summed E-state index contributed by atoms with van der Waals surface area (Å²) in [7, 11) is 1.86. The van der Waals surface area contributed by atoms with Gasteiger partial charge in [0.1, 0.15) is 22.9 Å². The summed E-state index contributed by atoms with van der Waals surface area (Å²) >= 11 is 0. The molecule has 380 valence electrons. The molecule has 5 aromatic heterocycles. The lowest BCUT2D eigenvalue weighted by Crippen LogP contribution is -2.54. The van der Waals surface area contributed by atoms with Crippen LogP contribution in [0.1, 0.15) is 81.9 Å². The molecule has 8 N–H and O–H groups in total. The van der Waals surface area contributed by atoms with Gasteiger partial charge in [0.2, 0.25) is 11.8 Å². The Labute approximate surface area is 422 Å². The molecule has 3 aromatic carbocycles. The number of rotatable bonds is 20. The number of primary amides is 2. The normalized spacial score (nSPS) is 14.2. The summed E-state index contributed by atoms with van der Waals surface area (Å²) < 4.78 is 5.68. The molecule has 73 heavy (non-hydrogen) atoms. The highest BCUT2D eigenvalue weighted by Gasteiger charge is 2.31. The third kappa shape index (κ3) is 11.2. The molecule has 0 spiro atoms. The maximum Gasteiger partial charge on any atom is 0.223 e. The second-order valence-electron chi connectivity index (χ2n) is 19.1. The van der Waals surface area contributed by atoms with E-state index in [9.17, 15) is 24.9 Å². The highest BCUT2D eigenvalue weighted by Crippen LogP contribution is 2.33. The van der Waals surface area contributed by atoms with Gasteiger partial charge in [0.15, 0.2) is 5.75 Å². The van der Waals surface area contributed by atoms with Crippen LogP contribution in [0.2, 0.25) is 0 Å². The van der Waals surface area contributed by atoms with E-state index in [0.717, 1.165) is 73.5 Å². The van der Waals surface area contributed by atoms with Gasteiger partial charge in [-0.2, -0.15) is 10.2 Å². The maximum absolute atomic E-state index is 12.6. The van der Waals surface area contributed by atoms with Gasteiger partial charge in [0, 0.05) is 106 Å². The lowest BCUT2D eigenvalue weighted by atomic mass is 9.99. The van der Waals surface area contributed by atoms with Gasteiger partial charge >= 0.3 is 0 Å². The van der Waals surface area contributed by atoms with Crippen LogP contribution in [0.5, 0.6) is 17.2 Å². The monoisotopic (exact) mass is 990 g/mol. The van der Waals surface area contributed by atoms with E-state index in [4.69, 9.17) is 31.4 Å². The van der Waals surface area contributed by atoms with Gasteiger partial charge < -0.3 is 50.6 Å². The van der Waals surface area contributed by atoms with Crippen LogP contribution in [0, 0.1) is 20.8 Å². The number of nitrogens with zero attached hydrogens (tertiary/aromatic N) is 11. The molecule has 2 atom stereocenters. The van der Waals surface area contributed by atoms with Crippen molar-refractivity contribution in [3.05, 3.63) is 154 Å². The molecule has 0 bridgehead atoms. The van der Waals surface area contributed by atoms with E-state index in [-0.39, 0.29) is 36.3 Å². The number of aromatic nitrogens is 10. The first-order valence-electron chi connectivity index (χ1n) is 24.3. The first-order valence-corrected chi connectivity index (χ1v) is 24.3. The van der Waals surface area contributed by atoms with Gasteiger partial charge in [-0.15, -0.1) is 5.10 Å². The Morgan fingerprint density at radius 3 is 2.37 bits per heavy atom. The molecular weight excluding hydrogens is 929 g/mol. The average molecular weight is 991 g/mol. The Morgan fingerprint density at radius 2 is 1.62 bits per heavy atom. The number of carbonyl (C=O) groups is 2. The largest absolute Gasteiger partial charge is 0.508 e. The predicted molar refractivity (Wildman–Crippen MR) is 274 cm³/mol. The first kappa shape index (κ1) is 49.6. The number of piperazine rings is 1. The van der Waals surface area contributed by atoms with Crippen LogP contribution >= 0.6 is 0 Å². The Bertz CT molecular complexity index is 3270. The molecule has 0 aliphatic carbocycles. The van der Waals surface area contributed by atoms with E-state index in [1.54, 1.807) is 54.7 Å². The molecular formula is C53H62N14O6. The molecule has 20 nitrogen and oxygen atoms in total. The summed E-state index contributed by atoms with van der Waals surface area (Å²) in [5.41, 5.74) is 23.9. The summed E-state index contributed by atoms with van der Waals surface area (Å²) in [6, 6.07) is 22.2. The first-order chi connectivity index (χ1) is 35.1. The van der Waals surface area contributed by atoms with E-state index < -0.39 is 12.0 Å². The SMILES string of the molecule is Cc1nn(Oc2cccc(Cn3cnc(Cc4c(Cc5cc(O)cc(Cn6cnc(-c7ccnn7C)c6CC(C)O)c5)n[nH]c4C)c3CC(N)=O)c2)c(C)c1N1CCN(c2cccc(O)c2)C(CCC(N)=O)C1. The van der Waals surface area contributed by atoms with Crippen LogP contribution in [-0.4, -0.2) is 108 Å². The molecule has 0 saturated carbocycles. The average Bonchev–Trinajstić information content (AvgIpc) is 4.16. The molecule has 2 unspecified atom stereocenters. The number of aryl methyl sites for hydroxylation is 3. The number of aromatic hydroxyl groups is 2. The summed E-state index contributed by atoms with van der Waals surface area (Å²) in [6.45, 7) is 10.4. The van der Waals surface area contributed by atoms with Crippen molar-refractivity contribution >= 4 is 23.2 Å². The van der Waals surface area contributed by atoms with E-state index in [1.165, 1.54) is 4.85 Å². The van der Waals surface area contributed by atoms with Crippen molar-refractivity contribution in [1.82, 2.24) is 49.0 Å². The van der Waals surface area contributed by atoms with Gasteiger partial charge in [-0.3, -0.25) is 19.4 Å². The number of phenols is 2. The Balaban J connectivity index is 0.902. The molecule has 9 rings (SSSR count). The third-order valence-corrected chi connectivity index (χ3v) is 13.5. The van der Waals surface area contributed by atoms with Crippen LogP contribution in [0.25, 0.3) is 11.4 Å². The molecule has 1 saturated heterocycles. The number of nitrogens with two attached hydrogens (primary N) is 2. The van der Waals surface area contributed by atoms with Gasteiger partial charge in [-0.1, -0.05) is 29.1 Å². The highest BCUT2D eigenvalue weighted by atomic mass is 16.7. The quantitative estimate of drug-likeness (QED) is 0.0602. The minimum absolute atomic E-state index is 0.0265. The Morgan fingerprint density at radius 1 is 0.849 bits per heavy atom. The van der Waals surface area contributed by atoms with Crippen LogP contribution in [0.3, 0.4) is 0 Å². The van der Waals surface area contributed by atoms with E-state index >= 15 is 0 Å². The van der Waals surface area contributed by atoms with Crippen LogP contribution in [0.15, 0.2) is 91.6 Å². The molecule has 8 aromatic rings. The summed E-state index contributed by atoms with van der Waals surface area (Å²) in [5.74, 6) is 0.0159. The zero-order valence-corrected chi connectivity index (χ0v) is 41.7. The van der Waals surface area contributed by atoms with Crippen molar-refractivity contribution in [2.45, 2.75) is 91.5 Å². The zero-order valence-electron chi connectivity index (χ0n) is 41.7. The number of benzene rings is 3. The van der Waals surface area contributed by atoms with Crippen molar-refractivity contribution in [3.8, 4) is 28.6 Å². The predicted octanol–water partition coefficient (Wildman–Crippen LogP) is 4.77. The number of aliphatic hydroxyl groups is 1. The van der Waals surface area contributed by atoms with E-state index in [0.29, 0.717) is 75.5 Å². The molecule has 2 amide bonds. The molecule has 0 radical (unpaired) electrons.